The predicted octanol–water partition coefficient (Wildman–Crippen LogP) is 2.71. The Hall–Kier alpha value is -1.79. The lowest BCUT2D eigenvalue weighted by atomic mass is 9.79. The van der Waals surface area contributed by atoms with E-state index < -0.39 is 0 Å². The molecule has 5 nitrogen and oxygen atoms in total. The first kappa shape index (κ1) is 15.7. The third-order valence-corrected chi connectivity index (χ3v) is 6.66. The number of aromatic nitrogens is 1. The molecule has 2 atom stereocenters. The minimum Gasteiger partial charge on any atom is -0.346 e. The van der Waals surface area contributed by atoms with Gasteiger partial charge in [0.05, 0.1) is 4.88 Å². The molecule has 3 fully saturated rings. The van der Waals surface area contributed by atoms with Crippen molar-refractivity contribution in [3.63, 3.8) is 0 Å². The summed E-state index contributed by atoms with van der Waals surface area (Å²) in [5.74, 6) is 0.507. The summed E-state index contributed by atoms with van der Waals surface area (Å²) in [4.78, 5) is 31.6. The predicted molar refractivity (Wildman–Crippen MR) is 94.6 cm³/mol. The van der Waals surface area contributed by atoms with Crippen LogP contribution in [0.25, 0.3) is 10.1 Å². The summed E-state index contributed by atoms with van der Waals surface area (Å²) in [6, 6.07) is 4.23. The van der Waals surface area contributed by atoms with Gasteiger partial charge in [0.15, 0.2) is 5.78 Å². The van der Waals surface area contributed by atoms with Gasteiger partial charge in [0, 0.05) is 28.4 Å². The zero-order valence-corrected chi connectivity index (χ0v) is 14.7. The Labute approximate surface area is 145 Å². The number of pyridine rings is 1. The highest BCUT2D eigenvalue weighted by Crippen LogP contribution is 2.32. The number of ketones is 1. The fourth-order valence-electron chi connectivity index (χ4n) is 4.00. The summed E-state index contributed by atoms with van der Waals surface area (Å²) in [5, 5.41) is 4.12. The molecule has 1 N–H and O–H groups in total. The SMILES string of the molecule is CC(=O)c1cc2cnc(C(=O)NC3C4CCN(CC4)C3C)cc2s1. The molecule has 2 aromatic rings. The Morgan fingerprint density at radius 3 is 2.71 bits per heavy atom. The Morgan fingerprint density at radius 2 is 2.04 bits per heavy atom. The Kier molecular flexibility index (Phi) is 3.89. The Bertz CT molecular complexity index is 806. The van der Waals surface area contributed by atoms with Gasteiger partial charge in [0.2, 0.25) is 0 Å². The average molecular weight is 343 g/mol. The molecular weight excluding hydrogens is 322 g/mol. The van der Waals surface area contributed by atoms with Crippen molar-refractivity contribution in [1.82, 2.24) is 15.2 Å². The summed E-state index contributed by atoms with van der Waals surface area (Å²) in [6.07, 6.45) is 4.01. The van der Waals surface area contributed by atoms with Gasteiger partial charge in [-0.25, -0.2) is 0 Å². The zero-order chi connectivity index (χ0) is 16.8. The number of nitrogens with zero attached hydrogens (tertiary/aromatic N) is 2. The van der Waals surface area contributed by atoms with Crippen molar-refractivity contribution in [1.29, 1.82) is 0 Å². The van der Waals surface area contributed by atoms with Crippen molar-refractivity contribution in [2.75, 3.05) is 13.1 Å². The quantitative estimate of drug-likeness (QED) is 0.871. The van der Waals surface area contributed by atoms with Crippen LogP contribution in [-0.2, 0) is 0 Å². The van der Waals surface area contributed by atoms with Crippen molar-refractivity contribution in [2.24, 2.45) is 5.92 Å². The molecule has 0 saturated carbocycles. The molecule has 2 aromatic heterocycles. The molecule has 3 aliphatic heterocycles. The minimum absolute atomic E-state index is 0.0447. The van der Waals surface area contributed by atoms with Crippen LogP contribution >= 0.6 is 11.3 Å². The molecule has 0 spiro atoms. The van der Waals surface area contributed by atoms with E-state index in [0.29, 0.717) is 22.5 Å². The Balaban J connectivity index is 1.56. The second-order valence-electron chi connectivity index (χ2n) is 6.89. The second-order valence-corrected chi connectivity index (χ2v) is 7.97. The lowest BCUT2D eigenvalue weighted by molar-refractivity contribution is 0.0216. The number of carbonyl (C=O) groups excluding carboxylic acids is 2. The van der Waals surface area contributed by atoms with E-state index in [2.05, 4.69) is 22.1 Å². The topological polar surface area (TPSA) is 62.3 Å². The van der Waals surface area contributed by atoms with Gasteiger partial charge in [-0.05, 0) is 57.8 Å². The van der Waals surface area contributed by atoms with E-state index in [9.17, 15) is 9.59 Å². The number of piperidine rings is 3. The van der Waals surface area contributed by atoms with Crippen LogP contribution in [0, 0.1) is 5.92 Å². The van der Waals surface area contributed by atoms with Crippen LogP contribution < -0.4 is 5.32 Å². The van der Waals surface area contributed by atoms with Crippen LogP contribution in [0.15, 0.2) is 18.3 Å². The van der Waals surface area contributed by atoms with Gasteiger partial charge in [-0.1, -0.05) is 0 Å². The molecule has 0 aliphatic carbocycles. The van der Waals surface area contributed by atoms with Crippen LogP contribution in [0.4, 0.5) is 0 Å². The molecule has 1 amide bonds. The third-order valence-electron chi connectivity index (χ3n) is 5.46. The van der Waals surface area contributed by atoms with Crippen LogP contribution in [0.1, 0.15) is 46.8 Å². The molecule has 24 heavy (non-hydrogen) atoms. The first-order valence-corrected chi connectivity index (χ1v) is 9.30. The third kappa shape index (κ3) is 2.63. The van der Waals surface area contributed by atoms with Crippen LogP contribution in [0.3, 0.4) is 0 Å². The molecule has 2 unspecified atom stereocenters. The van der Waals surface area contributed by atoms with E-state index in [1.807, 2.05) is 6.07 Å². The number of hydrogen-bond donors (Lipinski definition) is 1. The number of fused-ring (bicyclic) bond motifs is 4. The van der Waals surface area contributed by atoms with E-state index in [-0.39, 0.29) is 17.7 Å². The smallest absolute Gasteiger partial charge is 0.270 e. The lowest BCUT2D eigenvalue weighted by Crippen LogP contribution is -2.62. The first-order valence-electron chi connectivity index (χ1n) is 8.48. The summed E-state index contributed by atoms with van der Waals surface area (Å²) in [7, 11) is 0. The average Bonchev–Trinajstić information content (AvgIpc) is 3.02. The highest BCUT2D eigenvalue weighted by molar-refractivity contribution is 7.20. The number of hydrogen-bond acceptors (Lipinski definition) is 5. The summed E-state index contributed by atoms with van der Waals surface area (Å²) < 4.78 is 0.933. The summed E-state index contributed by atoms with van der Waals surface area (Å²) in [5.41, 5.74) is 0.433. The van der Waals surface area contributed by atoms with E-state index in [1.165, 1.54) is 11.3 Å². The van der Waals surface area contributed by atoms with Gasteiger partial charge >= 0.3 is 0 Å². The van der Waals surface area contributed by atoms with Crippen molar-refractivity contribution in [2.45, 2.75) is 38.8 Å². The van der Waals surface area contributed by atoms with E-state index in [1.54, 1.807) is 19.2 Å². The van der Waals surface area contributed by atoms with Gasteiger partial charge in [0.1, 0.15) is 5.69 Å². The van der Waals surface area contributed by atoms with E-state index >= 15 is 0 Å². The number of thiophene rings is 1. The molecule has 0 aromatic carbocycles. The highest BCUT2D eigenvalue weighted by atomic mass is 32.1. The fourth-order valence-corrected chi connectivity index (χ4v) is 4.97. The molecule has 3 aliphatic rings. The van der Waals surface area contributed by atoms with Crippen molar-refractivity contribution in [3.8, 4) is 0 Å². The zero-order valence-electron chi connectivity index (χ0n) is 13.9. The molecule has 126 valence electrons. The second kappa shape index (κ2) is 5.93. The van der Waals surface area contributed by atoms with Gasteiger partial charge < -0.3 is 5.32 Å². The fraction of sp³-hybridized carbons (Fsp3) is 0.500. The molecule has 6 heteroatoms. The van der Waals surface area contributed by atoms with Gasteiger partial charge in [0.25, 0.3) is 5.91 Å². The molecule has 0 radical (unpaired) electrons. The largest absolute Gasteiger partial charge is 0.346 e. The molecule has 5 rings (SSSR count). The maximum absolute atomic E-state index is 12.7. The highest BCUT2D eigenvalue weighted by Gasteiger charge is 2.40. The molecule has 5 heterocycles. The molecular formula is C18H21N3O2S. The maximum atomic E-state index is 12.7. The van der Waals surface area contributed by atoms with Gasteiger partial charge in [-0.2, -0.15) is 0 Å². The van der Waals surface area contributed by atoms with Gasteiger partial charge in [-0.15, -0.1) is 11.3 Å². The van der Waals surface area contributed by atoms with Crippen LogP contribution in [-0.4, -0.2) is 46.7 Å². The number of rotatable bonds is 3. The number of amides is 1. The first-order chi connectivity index (χ1) is 11.5. The summed E-state index contributed by atoms with van der Waals surface area (Å²) >= 11 is 1.42. The molecule has 3 saturated heterocycles. The normalized spacial score (nSPS) is 28.9. The standard InChI is InChI=1S/C18H21N3O2S/c1-10-17(12-3-5-21(10)6-4-12)20-18(23)14-8-16-13(9-19-14)7-15(24-16)11(2)22/h7-10,12,17H,3-6H2,1-2H3,(H,20,23). The van der Waals surface area contributed by atoms with Crippen molar-refractivity contribution >= 4 is 33.1 Å². The van der Waals surface area contributed by atoms with Crippen molar-refractivity contribution < 1.29 is 9.59 Å². The number of carbonyl (C=O) groups is 2. The monoisotopic (exact) mass is 343 g/mol. The minimum atomic E-state index is -0.111. The molecule has 2 bridgehead atoms. The van der Waals surface area contributed by atoms with Crippen molar-refractivity contribution in [3.05, 3.63) is 28.9 Å². The Morgan fingerprint density at radius 1 is 1.29 bits per heavy atom. The number of nitrogens with one attached hydrogen (secondary N) is 1. The summed E-state index contributed by atoms with van der Waals surface area (Å²) in [6.45, 7) is 6.04. The van der Waals surface area contributed by atoms with E-state index in [0.717, 1.165) is 36.0 Å². The maximum Gasteiger partial charge on any atom is 0.270 e. The van der Waals surface area contributed by atoms with Gasteiger partial charge in [-0.3, -0.25) is 19.5 Å². The van der Waals surface area contributed by atoms with Crippen LogP contribution in [0.2, 0.25) is 0 Å². The number of Topliss-reactive ketones (excluding diaryl/α,β-unsaturated/α-hetero) is 1. The van der Waals surface area contributed by atoms with Crippen LogP contribution in [0.5, 0.6) is 0 Å². The van der Waals surface area contributed by atoms with E-state index in [4.69, 9.17) is 0 Å². The lowest BCUT2D eigenvalue weighted by Gasteiger charge is -2.49.